The Labute approximate surface area is 222 Å². The molecule has 0 spiro atoms. The van der Waals surface area contributed by atoms with Crippen LogP contribution >= 0.6 is 11.6 Å². The average molecular weight is 540 g/mol. The van der Waals surface area contributed by atoms with Crippen molar-refractivity contribution in [1.29, 1.82) is 0 Å². The molecule has 0 bridgehead atoms. The van der Waals surface area contributed by atoms with Gasteiger partial charge in [-0.3, -0.25) is 0 Å². The van der Waals surface area contributed by atoms with E-state index in [2.05, 4.69) is 15.5 Å². The minimum absolute atomic E-state index is 0.0346. The van der Waals surface area contributed by atoms with E-state index in [-0.39, 0.29) is 58.4 Å². The fourth-order valence-corrected chi connectivity index (χ4v) is 5.82. The summed E-state index contributed by atoms with van der Waals surface area (Å²) in [6, 6.07) is 13.9. The van der Waals surface area contributed by atoms with Crippen molar-refractivity contribution in [1.82, 2.24) is 15.5 Å². The van der Waals surface area contributed by atoms with Crippen LogP contribution in [0.2, 0.25) is 5.02 Å². The zero-order valence-electron chi connectivity index (χ0n) is 20.2. The Bertz CT molecular complexity index is 1460. The summed E-state index contributed by atoms with van der Waals surface area (Å²) in [5, 5.41) is 20.2. The molecule has 3 aromatic carbocycles. The van der Waals surface area contributed by atoms with Gasteiger partial charge < -0.3 is 24.3 Å². The summed E-state index contributed by atoms with van der Waals surface area (Å²) in [7, 11) is 0. The highest BCUT2D eigenvalue weighted by Gasteiger charge is 2.50. The minimum atomic E-state index is -0.849. The van der Waals surface area contributed by atoms with Crippen LogP contribution in [-0.4, -0.2) is 41.1 Å². The highest BCUT2D eigenvalue weighted by Crippen LogP contribution is 2.53. The Balaban J connectivity index is 1.59. The number of halogens is 3. The minimum Gasteiger partial charge on any atom is -0.488 e. The normalized spacial score (nSPS) is 20.4. The molecule has 0 saturated carbocycles. The molecule has 0 aliphatic carbocycles. The van der Waals surface area contributed by atoms with Crippen LogP contribution in [0.5, 0.6) is 11.5 Å². The number of benzene rings is 3. The fraction of sp³-hybridized carbons (Fsp3) is 0.286. The van der Waals surface area contributed by atoms with E-state index in [1.165, 1.54) is 12.1 Å². The number of hydrogen-bond donors (Lipinski definition) is 2. The van der Waals surface area contributed by atoms with Crippen LogP contribution in [-0.2, 0) is 12.0 Å². The fourth-order valence-electron chi connectivity index (χ4n) is 5.56. The van der Waals surface area contributed by atoms with Gasteiger partial charge in [0.25, 0.3) is 0 Å². The van der Waals surface area contributed by atoms with Crippen molar-refractivity contribution >= 4 is 11.6 Å². The third-order valence-corrected chi connectivity index (χ3v) is 7.57. The summed E-state index contributed by atoms with van der Waals surface area (Å²) >= 11 is 6.61. The number of fused-ring (bicyclic) bond motifs is 1. The Kier molecular flexibility index (Phi) is 6.51. The first-order valence-corrected chi connectivity index (χ1v) is 12.7. The molecule has 38 heavy (non-hydrogen) atoms. The van der Waals surface area contributed by atoms with E-state index in [9.17, 15) is 5.11 Å². The molecule has 2 aliphatic rings. The summed E-state index contributed by atoms with van der Waals surface area (Å²) in [5.74, 6) is -1.34. The van der Waals surface area contributed by atoms with Crippen LogP contribution in [0.1, 0.15) is 24.0 Å². The summed E-state index contributed by atoms with van der Waals surface area (Å²) < 4.78 is 49.0. The number of ether oxygens (including phenoxy) is 2. The number of nitrogens with zero attached hydrogens (tertiary/aromatic N) is 2. The summed E-state index contributed by atoms with van der Waals surface area (Å²) in [6.07, 6.45) is 3.28. The second-order valence-corrected chi connectivity index (χ2v) is 9.70. The molecule has 3 heterocycles. The molecule has 1 fully saturated rings. The molecule has 0 radical (unpaired) electrons. The van der Waals surface area contributed by atoms with E-state index in [0.29, 0.717) is 12.0 Å². The van der Waals surface area contributed by atoms with Crippen LogP contribution in [0.4, 0.5) is 8.78 Å². The number of aliphatic hydroxyl groups is 1. The van der Waals surface area contributed by atoms with Crippen LogP contribution in [0.3, 0.4) is 0 Å². The molecule has 2 unspecified atom stereocenters. The molecule has 1 aromatic heterocycles. The summed E-state index contributed by atoms with van der Waals surface area (Å²) in [4.78, 5) is 0. The highest BCUT2D eigenvalue weighted by atomic mass is 35.5. The van der Waals surface area contributed by atoms with Gasteiger partial charge in [-0.05, 0) is 37.1 Å². The smallest absolute Gasteiger partial charge is 0.248 e. The number of aromatic nitrogens is 2. The van der Waals surface area contributed by atoms with Gasteiger partial charge in [0, 0.05) is 34.7 Å². The Morgan fingerprint density at radius 1 is 1.16 bits per heavy atom. The summed E-state index contributed by atoms with van der Waals surface area (Å²) in [6.45, 7) is 0.401. The first-order chi connectivity index (χ1) is 18.5. The van der Waals surface area contributed by atoms with Crippen molar-refractivity contribution in [3.05, 3.63) is 82.7 Å². The van der Waals surface area contributed by atoms with Crippen molar-refractivity contribution in [3.8, 4) is 34.1 Å². The maximum atomic E-state index is 16.2. The van der Waals surface area contributed by atoms with Crippen LogP contribution < -0.4 is 14.8 Å². The molecule has 2 N–H and O–H groups in total. The number of nitrogens with one attached hydrogen (secondary N) is 1. The van der Waals surface area contributed by atoms with E-state index in [1.807, 2.05) is 30.3 Å². The quantitative estimate of drug-likeness (QED) is 0.330. The topological polar surface area (TPSA) is 89.6 Å². The SMILES string of the molecule is OCCOc1ccc(-c2nnco2)c(-c2c(Cl)c(F)cc3c2CC(c2ccccc2)(C2CCCN2)O3)c1F. The van der Waals surface area contributed by atoms with Crippen LogP contribution in [0, 0.1) is 11.6 Å². The van der Waals surface area contributed by atoms with Crippen LogP contribution in [0.15, 0.2) is 59.3 Å². The van der Waals surface area contributed by atoms with Gasteiger partial charge in [-0.2, -0.15) is 0 Å². The largest absolute Gasteiger partial charge is 0.488 e. The van der Waals surface area contributed by atoms with Gasteiger partial charge in [0.1, 0.15) is 18.2 Å². The summed E-state index contributed by atoms with van der Waals surface area (Å²) in [5.41, 5.74) is 0.957. The lowest BCUT2D eigenvalue weighted by atomic mass is 9.80. The number of rotatable bonds is 7. The van der Waals surface area contributed by atoms with E-state index in [1.54, 1.807) is 6.07 Å². The second kappa shape index (κ2) is 9.98. The maximum Gasteiger partial charge on any atom is 0.248 e. The Hall–Kier alpha value is -3.53. The lowest BCUT2D eigenvalue weighted by molar-refractivity contribution is 0.0539. The highest BCUT2D eigenvalue weighted by molar-refractivity contribution is 6.34. The number of hydrogen-bond acceptors (Lipinski definition) is 7. The predicted molar refractivity (Wildman–Crippen MR) is 136 cm³/mol. The first-order valence-electron chi connectivity index (χ1n) is 12.4. The second-order valence-electron chi connectivity index (χ2n) is 9.32. The zero-order chi connectivity index (χ0) is 26.3. The van der Waals surface area contributed by atoms with E-state index >= 15 is 8.78 Å². The molecule has 2 atom stereocenters. The molecule has 6 rings (SSSR count). The van der Waals surface area contributed by atoms with E-state index < -0.39 is 17.2 Å². The van der Waals surface area contributed by atoms with Gasteiger partial charge in [0.15, 0.2) is 17.2 Å². The third kappa shape index (κ3) is 4.02. The lowest BCUT2D eigenvalue weighted by Crippen LogP contribution is -2.48. The maximum absolute atomic E-state index is 16.2. The standard InChI is InChI=1S/C28H24ClF2N3O4/c29-25-19(30)13-21-18(14-28(38-21,22-7-4-10-32-22)16-5-2-1-3-6-16)23(25)24-17(27-34-33-15-37-27)8-9-20(26(24)31)36-12-11-35/h1-3,5-6,8-9,13,15,22,32,35H,4,7,10-12,14H2. The first kappa shape index (κ1) is 24.8. The van der Waals surface area contributed by atoms with Gasteiger partial charge in [-0.25, -0.2) is 8.78 Å². The van der Waals surface area contributed by atoms with Gasteiger partial charge in [0.2, 0.25) is 12.3 Å². The van der Waals surface area contributed by atoms with Crippen molar-refractivity contribution in [2.24, 2.45) is 0 Å². The molecular weight excluding hydrogens is 516 g/mol. The monoisotopic (exact) mass is 539 g/mol. The Morgan fingerprint density at radius 2 is 2.00 bits per heavy atom. The molecule has 1 saturated heterocycles. The lowest BCUT2D eigenvalue weighted by Gasteiger charge is -2.35. The van der Waals surface area contributed by atoms with Crippen molar-refractivity contribution < 1.29 is 27.8 Å². The third-order valence-electron chi connectivity index (χ3n) is 7.20. The number of aliphatic hydroxyl groups excluding tert-OH is 1. The van der Waals surface area contributed by atoms with Crippen LogP contribution in [0.25, 0.3) is 22.6 Å². The zero-order valence-corrected chi connectivity index (χ0v) is 21.0. The molecule has 10 heteroatoms. The van der Waals surface area contributed by atoms with Gasteiger partial charge in [-0.1, -0.05) is 41.9 Å². The molecular formula is C28H24ClF2N3O4. The molecule has 4 aromatic rings. The van der Waals surface area contributed by atoms with Gasteiger partial charge in [0.05, 0.1) is 17.7 Å². The Morgan fingerprint density at radius 3 is 2.71 bits per heavy atom. The van der Waals surface area contributed by atoms with E-state index in [4.69, 9.17) is 25.5 Å². The van der Waals surface area contributed by atoms with Crippen molar-refractivity contribution in [2.75, 3.05) is 19.8 Å². The molecule has 196 valence electrons. The molecule has 2 aliphatic heterocycles. The predicted octanol–water partition coefficient (Wildman–Crippen LogP) is 5.29. The van der Waals surface area contributed by atoms with Crippen molar-refractivity contribution in [2.45, 2.75) is 30.9 Å². The molecule has 7 nitrogen and oxygen atoms in total. The van der Waals surface area contributed by atoms with Crippen molar-refractivity contribution in [3.63, 3.8) is 0 Å². The molecule has 0 amide bonds. The van der Waals surface area contributed by atoms with E-state index in [0.717, 1.165) is 31.3 Å². The van der Waals surface area contributed by atoms with Gasteiger partial charge >= 0.3 is 0 Å². The van der Waals surface area contributed by atoms with Gasteiger partial charge in [-0.15, -0.1) is 10.2 Å². The average Bonchev–Trinajstić information content (AvgIpc) is 3.71.